The molecule has 0 amide bonds. The molecule has 0 bridgehead atoms. The summed E-state index contributed by atoms with van der Waals surface area (Å²) in [5, 5.41) is 0. The molecule has 0 saturated carbocycles. The molecule has 1 aliphatic rings. The molecule has 0 fully saturated rings. The number of fused-ring (bicyclic) bond motifs is 2. The summed E-state index contributed by atoms with van der Waals surface area (Å²) < 4.78 is 0. The third-order valence-electron chi connectivity index (χ3n) is 5.18. The first-order valence-corrected chi connectivity index (χ1v) is 11.1. The average Bonchev–Trinajstić information content (AvgIpc) is 2.67. The van der Waals surface area contributed by atoms with Crippen molar-refractivity contribution in [2.45, 2.75) is 49.8 Å². The van der Waals surface area contributed by atoms with Crippen molar-refractivity contribution in [2.75, 3.05) is 48.4 Å². The highest BCUT2D eigenvalue weighted by Gasteiger charge is 2.22. The normalized spacial score (nSPS) is 12.6. The number of anilines is 4. The lowest BCUT2D eigenvalue weighted by atomic mass is 10.2. The van der Waals surface area contributed by atoms with E-state index in [1.54, 1.807) is 0 Å². The number of hydrogen-bond donors (Lipinski definition) is 0. The third kappa shape index (κ3) is 4.21. The Morgan fingerprint density at radius 3 is 1.85 bits per heavy atom. The summed E-state index contributed by atoms with van der Waals surface area (Å²) in [5.41, 5.74) is 5.25. The molecular weight excluding hydrogens is 350 g/mol. The smallest absolute Gasteiger partial charge is 0.0551 e. The van der Waals surface area contributed by atoms with Gasteiger partial charge in [-0.3, -0.25) is 0 Å². The maximum atomic E-state index is 2.52. The van der Waals surface area contributed by atoms with Crippen molar-refractivity contribution in [1.82, 2.24) is 0 Å². The first kappa shape index (κ1) is 19.9. The van der Waals surface area contributed by atoms with Crippen LogP contribution in [0.2, 0.25) is 0 Å². The molecule has 0 atom stereocenters. The number of hydrogen-bond acceptors (Lipinski definition) is 4. The fraction of sp³-hybridized carbons (Fsp3) is 0.478. The van der Waals surface area contributed by atoms with Crippen LogP contribution in [-0.2, 0) is 0 Å². The van der Waals surface area contributed by atoms with E-state index < -0.39 is 0 Å². The largest absolute Gasteiger partial charge is 0.375 e. The summed E-state index contributed by atoms with van der Waals surface area (Å²) >= 11 is 1.91. The summed E-state index contributed by atoms with van der Waals surface area (Å²) in [6.07, 6.45) is 3.53. The fourth-order valence-electron chi connectivity index (χ4n) is 3.78. The van der Waals surface area contributed by atoms with E-state index in [0.29, 0.717) is 0 Å². The highest BCUT2D eigenvalue weighted by atomic mass is 32.2. The van der Waals surface area contributed by atoms with E-state index in [4.69, 9.17) is 0 Å². The van der Waals surface area contributed by atoms with Gasteiger partial charge in [0.25, 0.3) is 0 Å². The SMILES string of the molecule is CCCN(C)c1ccc2c(c1)Sc1cc(N(CCC)CCC)ccc1N2C. The van der Waals surface area contributed by atoms with Gasteiger partial charge in [-0.25, -0.2) is 0 Å². The summed E-state index contributed by atoms with van der Waals surface area (Å²) in [6, 6.07) is 13.8. The van der Waals surface area contributed by atoms with E-state index >= 15 is 0 Å². The van der Waals surface area contributed by atoms with Gasteiger partial charge in [0.2, 0.25) is 0 Å². The third-order valence-corrected chi connectivity index (χ3v) is 6.28. The molecule has 0 aliphatic carbocycles. The van der Waals surface area contributed by atoms with E-state index in [0.717, 1.165) is 26.1 Å². The highest BCUT2D eigenvalue weighted by molar-refractivity contribution is 7.99. The molecule has 3 rings (SSSR count). The first-order valence-electron chi connectivity index (χ1n) is 10.2. The monoisotopic (exact) mass is 383 g/mol. The predicted molar refractivity (Wildman–Crippen MR) is 121 cm³/mol. The Labute approximate surface area is 169 Å². The van der Waals surface area contributed by atoms with Gasteiger partial charge in [-0.05, 0) is 55.7 Å². The van der Waals surface area contributed by atoms with Gasteiger partial charge in [-0.1, -0.05) is 32.5 Å². The Kier molecular flexibility index (Phi) is 6.59. The predicted octanol–water partition coefficient (Wildman–Crippen LogP) is 6.39. The standard InChI is InChI=1S/C23H33N3S/c1-6-13-24(4)18-9-11-20-22(16-18)27-23-17-19(10-12-21(23)25(20)5)26(14-7-2)15-8-3/h9-12,16-17H,6-8,13-15H2,1-5H3. The Hall–Kier alpha value is -1.81. The van der Waals surface area contributed by atoms with Crippen molar-refractivity contribution in [3.05, 3.63) is 36.4 Å². The molecular formula is C23H33N3S. The molecule has 0 saturated heterocycles. The zero-order valence-corrected chi connectivity index (χ0v) is 18.3. The van der Waals surface area contributed by atoms with Gasteiger partial charge < -0.3 is 14.7 Å². The van der Waals surface area contributed by atoms with Gasteiger partial charge in [0.05, 0.1) is 11.4 Å². The molecule has 27 heavy (non-hydrogen) atoms. The van der Waals surface area contributed by atoms with Crippen LogP contribution < -0.4 is 14.7 Å². The second kappa shape index (κ2) is 8.92. The number of rotatable bonds is 8. The van der Waals surface area contributed by atoms with Crippen LogP contribution in [0.3, 0.4) is 0 Å². The Morgan fingerprint density at radius 2 is 1.30 bits per heavy atom. The van der Waals surface area contributed by atoms with Crippen molar-refractivity contribution in [3.63, 3.8) is 0 Å². The van der Waals surface area contributed by atoms with Gasteiger partial charge in [0, 0.05) is 54.9 Å². The quantitative estimate of drug-likeness (QED) is 0.522. The molecule has 3 nitrogen and oxygen atoms in total. The molecule has 146 valence electrons. The Balaban J connectivity index is 1.92. The lowest BCUT2D eigenvalue weighted by molar-refractivity contribution is 0.744. The molecule has 2 aromatic carbocycles. The molecule has 0 aromatic heterocycles. The summed E-state index contributed by atoms with van der Waals surface area (Å²) in [5.74, 6) is 0. The van der Waals surface area contributed by atoms with Crippen molar-refractivity contribution in [2.24, 2.45) is 0 Å². The number of nitrogens with zero attached hydrogens (tertiary/aromatic N) is 3. The van der Waals surface area contributed by atoms with Gasteiger partial charge in [-0.2, -0.15) is 0 Å². The topological polar surface area (TPSA) is 9.72 Å². The van der Waals surface area contributed by atoms with Crippen molar-refractivity contribution >= 4 is 34.5 Å². The van der Waals surface area contributed by atoms with Crippen LogP contribution in [0.4, 0.5) is 22.7 Å². The minimum atomic E-state index is 1.09. The summed E-state index contributed by atoms with van der Waals surface area (Å²) in [4.78, 5) is 9.90. The van der Waals surface area contributed by atoms with Crippen LogP contribution >= 0.6 is 11.8 Å². The minimum absolute atomic E-state index is 1.09. The van der Waals surface area contributed by atoms with Gasteiger partial charge in [0.15, 0.2) is 0 Å². The van der Waals surface area contributed by atoms with Crippen LogP contribution in [-0.4, -0.2) is 33.7 Å². The van der Waals surface area contributed by atoms with Crippen molar-refractivity contribution in [3.8, 4) is 0 Å². The summed E-state index contributed by atoms with van der Waals surface area (Å²) in [7, 11) is 4.37. The van der Waals surface area contributed by atoms with E-state index in [1.807, 2.05) is 11.8 Å². The maximum Gasteiger partial charge on any atom is 0.0551 e. The molecule has 0 spiro atoms. The average molecular weight is 384 g/mol. The molecule has 0 radical (unpaired) electrons. The van der Waals surface area contributed by atoms with Crippen LogP contribution in [0, 0.1) is 0 Å². The van der Waals surface area contributed by atoms with Crippen LogP contribution in [0.1, 0.15) is 40.0 Å². The molecule has 4 heteroatoms. The molecule has 1 aliphatic heterocycles. The Bertz CT molecular complexity index is 768. The van der Waals surface area contributed by atoms with E-state index in [1.165, 1.54) is 45.4 Å². The van der Waals surface area contributed by atoms with E-state index in [2.05, 4.69) is 86.0 Å². The van der Waals surface area contributed by atoms with Gasteiger partial charge >= 0.3 is 0 Å². The van der Waals surface area contributed by atoms with Gasteiger partial charge in [-0.15, -0.1) is 0 Å². The maximum absolute atomic E-state index is 2.52. The Morgan fingerprint density at radius 1 is 0.778 bits per heavy atom. The minimum Gasteiger partial charge on any atom is -0.375 e. The zero-order valence-electron chi connectivity index (χ0n) is 17.5. The highest BCUT2D eigenvalue weighted by Crippen LogP contribution is 2.49. The van der Waals surface area contributed by atoms with E-state index in [-0.39, 0.29) is 0 Å². The number of benzene rings is 2. The molecule has 0 unspecified atom stereocenters. The second-order valence-corrected chi connectivity index (χ2v) is 8.46. The van der Waals surface area contributed by atoms with Crippen LogP contribution in [0.5, 0.6) is 0 Å². The van der Waals surface area contributed by atoms with Crippen LogP contribution in [0.25, 0.3) is 0 Å². The first-order chi connectivity index (χ1) is 13.1. The zero-order chi connectivity index (χ0) is 19.4. The molecule has 1 heterocycles. The van der Waals surface area contributed by atoms with Gasteiger partial charge in [0.1, 0.15) is 0 Å². The lowest BCUT2D eigenvalue weighted by Crippen LogP contribution is -2.25. The second-order valence-electron chi connectivity index (χ2n) is 7.37. The van der Waals surface area contributed by atoms with Crippen molar-refractivity contribution in [1.29, 1.82) is 0 Å². The van der Waals surface area contributed by atoms with E-state index in [9.17, 15) is 0 Å². The van der Waals surface area contributed by atoms with Crippen LogP contribution in [0.15, 0.2) is 46.2 Å². The van der Waals surface area contributed by atoms with Crippen molar-refractivity contribution < 1.29 is 0 Å². The molecule has 2 aromatic rings. The fourth-order valence-corrected chi connectivity index (χ4v) is 5.00. The molecule has 0 N–H and O–H groups in total. The lowest BCUT2D eigenvalue weighted by Gasteiger charge is -2.32. The summed E-state index contributed by atoms with van der Waals surface area (Å²) in [6.45, 7) is 10.1.